The third-order valence-electron chi connectivity index (χ3n) is 2.24. The van der Waals surface area contributed by atoms with Crippen molar-refractivity contribution < 1.29 is 4.39 Å². The zero-order valence-corrected chi connectivity index (χ0v) is 6.52. The molecule has 0 aromatic heterocycles. The second kappa shape index (κ2) is 2.60. The number of hydrogen-bond donors (Lipinski definition) is 1. The minimum atomic E-state index is -0.833. The molecule has 3 atom stereocenters. The summed E-state index contributed by atoms with van der Waals surface area (Å²) >= 11 is 0. The van der Waals surface area contributed by atoms with Crippen molar-refractivity contribution in [2.24, 2.45) is 5.92 Å². The summed E-state index contributed by atoms with van der Waals surface area (Å²) in [5.74, 6) is 0.132. The van der Waals surface area contributed by atoms with Crippen LogP contribution in [-0.4, -0.2) is 12.2 Å². The first-order valence-electron chi connectivity index (χ1n) is 3.76. The van der Waals surface area contributed by atoms with Gasteiger partial charge in [-0.2, -0.15) is 0 Å². The lowest BCUT2D eigenvalue weighted by Gasteiger charge is -2.12. The van der Waals surface area contributed by atoms with Gasteiger partial charge in [0.05, 0.1) is 0 Å². The number of alkyl halides is 1. The fraction of sp³-hybridized carbons (Fsp3) is 0.750. The highest BCUT2D eigenvalue weighted by atomic mass is 19.1. The van der Waals surface area contributed by atoms with Gasteiger partial charge in [-0.25, -0.2) is 4.39 Å². The Morgan fingerprint density at radius 1 is 1.70 bits per heavy atom. The van der Waals surface area contributed by atoms with E-state index in [1.54, 1.807) is 0 Å². The van der Waals surface area contributed by atoms with E-state index >= 15 is 0 Å². The predicted molar refractivity (Wildman–Crippen MR) is 40.4 cm³/mol. The van der Waals surface area contributed by atoms with Crippen LogP contribution in [0.2, 0.25) is 0 Å². The van der Waals surface area contributed by atoms with E-state index in [2.05, 4.69) is 11.9 Å². The first kappa shape index (κ1) is 7.58. The second-order valence-corrected chi connectivity index (χ2v) is 2.93. The normalized spacial score (nSPS) is 39.9. The van der Waals surface area contributed by atoms with Gasteiger partial charge in [-0.1, -0.05) is 13.5 Å². The highest BCUT2D eigenvalue weighted by Gasteiger charge is 2.34. The monoisotopic (exact) mass is 143 g/mol. The van der Waals surface area contributed by atoms with Gasteiger partial charge in [-0.05, 0) is 13.3 Å². The Bertz CT molecular complexity index is 144. The van der Waals surface area contributed by atoms with E-state index in [1.165, 1.54) is 0 Å². The van der Waals surface area contributed by atoms with Crippen LogP contribution in [0.5, 0.6) is 0 Å². The van der Waals surface area contributed by atoms with Gasteiger partial charge in [-0.15, -0.1) is 0 Å². The van der Waals surface area contributed by atoms with E-state index in [-0.39, 0.29) is 12.0 Å². The van der Waals surface area contributed by atoms with Crippen molar-refractivity contribution in [3.63, 3.8) is 0 Å². The molecular formula is C8H14FN. The Labute approximate surface area is 61.3 Å². The fourth-order valence-corrected chi connectivity index (χ4v) is 1.55. The van der Waals surface area contributed by atoms with Gasteiger partial charge in [0.15, 0.2) is 0 Å². The highest BCUT2D eigenvalue weighted by molar-refractivity contribution is 5.11. The molecule has 1 nitrogen and oxygen atoms in total. The molecule has 1 fully saturated rings. The van der Waals surface area contributed by atoms with Crippen LogP contribution in [0.4, 0.5) is 4.39 Å². The Hall–Kier alpha value is -0.530. The molecule has 0 aliphatic carbocycles. The third-order valence-corrected chi connectivity index (χ3v) is 2.24. The third kappa shape index (κ3) is 1.02. The van der Waals surface area contributed by atoms with E-state index in [9.17, 15) is 4.39 Å². The van der Waals surface area contributed by atoms with Crippen molar-refractivity contribution >= 4 is 0 Å². The van der Waals surface area contributed by atoms with Crippen LogP contribution in [0, 0.1) is 5.92 Å². The molecule has 0 aromatic rings. The second-order valence-electron chi connectivity index (χ2n) is 2.93. The van der Waals surface area contributed by atoms with Gasteiger partial charge in [0.2, 0.25) is 0 Å². The number of rotatable bonds is 1. The van der Waals surface area contributed by atoms with Crippen LogP contribution < -0.4 is 5.32 Å². The van der Waals surface area contributed by atoms with Crippen LogP contribution in [-0.2, 0) is 0 Å². The van der Waals surface area contributed by atoms with Crippen LogP contribution in [0.15, 0.2) is 12.3 Å². The van der Waals surface area contributed by atoms with Crippen molar-refractivity contribution in [2.45, 2.75) is 32.5 Å². The first-order chi connectivity index (χ1) is 4.66. The molecule has 0 saturated carbocycles. The van der Waals surface area contributed by atoms with Gasteiger partial charge in [0, 0.05) is 17.7 Å². The molecule has 0 spiro atoms. The standard InChI is InChI=1S/C8H14FN/c1-4-7-5(2)10-6(3)8(7)9/h5,7-8,10H,3-4H2,1-2H3. The Morgan fingerprint density at radius 2 is 2.30 bits per heavy atom. The van der Waals surface area contributed by atoms with Crippen LogP contribution in [0.1, 0.15) is 20.3 Å². The predicted octanol–water partition coefficient (Wildman–Crippen LogP) is 1.86. The molecule has 1 saturated heterocycles. The minimum absolute atomic E-state index is 0.132. The maximum atomic E-state index is 13.1. The molecule has 0 amide bonds. The van der Waals surface area contributed by atoms with E-state index < -0.39 is 6.17 Å². The average Bonchev–Trinajstić information content (AvgIpc) is 2.09. The number of nitrogens with one attached hydrogen (secondary N) is 1. The van der Waals surface area contributed by atoms with Crippen LogP contribution in [0.3, 0.4) is 0 Å². The van der Waals surface area contributed by atoms with Crippen molar-refractivity contribution in [2.75, 3.05) is 0 Å². The molecule has 0 radical (unpaired) electrons. The van der Waals surface area contributed by atoms with E-state index in [0.29, 0.717) is 5.70 Å². The summed E-state index contributed by atoms with van der Waals surface area (Å²) in [4.78, 5) is 0. The SMILES string of the molecule is C=C1NC(C)C(CC)C1F. The summed E-state index contributed by atoms with van der Waals surface area (Å²) in [5.41, 5.74) is 0.555. The van der Waals surface area contributed by atoms with Gasteiger partial charge in [0.1, 0.15) is 6.17 Å². The summed E-state index contributed by atoms with van der Waals surface area (Å²) in [6, 6.07) is 0.257. The lowest BCUT2D eigenvalue weighted by atomic mass is 9.97. The Kier molecular flexibility index (Phi) is 1.97. The van der Waals surface area contributed by atoms with E-state index in [1.807, 2.05) is 13.8 Å². The van der Waals surface area contributed by atoms with Gasteiger partial charge in [0.25, 0.3) is 0 Å². The molecule has 1 aliphatic rings. The maximum Gasteiger partial charge on any atom is 0.144 e. The molecule has 3 unspecified atom stereocenters. The van der Waals surface area contributed by atoms with Crippen molar-refractivity contribution in [1.82, 2.24) is 5.32 Å². The smallest absolute Gasteiger partial charge is 0.144 e. The molecule has 2 heteroatoms. The molecule has 0 bridgehead atoms. The van der Waals surface area contributed by atoms with Crippen molar-refractivity contribution in [3.05, 3.63) is 12.3 Å². The van der Waals surface area contributed by atoms with Crippen molar-refractivity contribution in [1.29, 1.82) is 0 Å². The number of allylic oxidation sites excluding steroid dienone is 1. The summed E-state index contributed by atoms with van der Waals surface area (Å²) in [6.45, 7) is 7.60. The zero-order valence-electron chi connectivity index (χ0n) is 6.52. The first-order valence-corrected chi connectivity index (χ1v) is 3.76. The van der Waals surface area contributed by atoms with Gasteiger partial charge < -0.3 is 5.32 Å². The van der Waals surface area contributed by atoms with Crippen LogP contribution in [0.25, 0.3) is 0 Å². The fourth-order valence-electron chi connectivity index (χ4n) is 1.55. The van der Waals surface area contributed by atoms with Crippen molar-refractivity contribution in [3.8, 4) is 0 Å². The topological polar surface area (TPSA) is 12.0 Å². The summed E-state index contributed by atoms with van der Waals surface area (Å²) in [5, 5.41) is 3.00. The summed E-state index contributed by atoms with van der Waals surface area (Å²) < 4.78 is 13.1. The molecule has 10 heavy (non-hydrogen) atoms. The highest BCUT2D eigenvalue weighted by Crippen LogP contribution is 2.27. The summed E-state index contributed by atoms with van der Waals surface area (Å²) in [6.07, 6.45) is 0.0500. The largest absolute Gasteiger partial charge is 0.384 e. The molecular weight excluding hydrogens is 129 g/mol. The van der Waals surface area contributed by atoms with Gasteiger partial charge in [-0.3, -0.25) is 0 Å². The molecule has 1 rings (SSSR count). The average molecular weight is 143 g/mol. The lowest BCUT2D eigenvalue weighted by molar-refractivity contribution is 0.276. The van der Waals surface area contributed by atoms with Gasteiger partial charge >= 0.3 is 0 Å². The summed E-state index contributed by atoms with van der Waals surface area (Å²) in [7, 11) is 0. The molecule has 1 N–H and O–H groups in total. The maximum absolute atomic E-state index is 13.1. The molecule has 1 heterocycles. The molecule has 0 aromatic carbocycles. The Balaban J connectivity index is 2.64. The zero-order chi connectivity index (χ0) is 7.72. The lowest BCUT2D eigenvalue weighted by Crippen LogP contribution is -2.22. The van der Waals surface area contributed by atoms with E-state index in [0.717, 1.165) is 6.42 Å². The molecule has 58 valence electrons. The quantitative estimate of drug-likeness (QED) is 0.590. The molecule has 1 aliphatic heterocycles. The number of hydrogen-bond acceptors (Lipinski definition) is 1. The van der Waals surface area contributed by atoms with E-state index in [4.69, 9.17) is 0 Å². The Morgan fingerprint density at radius 3 is 2.50 bits per heavy atom. The van der Waals surface area contributed by atoms with Crippen LogP contribution >= 0.6 is 0 Å². The number of halogens is 1. The minimum Gasteiger partial charge on any atom is -0.384 e.